The van der Waals surface area contributed by atoms with E-state index in [2.05, 4.69) is 35.0 Å². The molecule has 1 nitrogen and oxygen atoms in total. The topological polar surface area (TPSA) is 26.0 Å². The van der Waals surface area contributed by atoms with Crippen LogP contribution in [0.5, 0.6) is 0 Å². The van der Waals surface area contributed by atoms with Crippen molar-refractivity contribution in [1.82, 2.24) is 0 Å². The van der Waals surface area contributed by atoms with Gasteiger partial charge in [0.05, 0.1) is 0 Å². The van der Waals surface area contributed by atoms with Gasteiger partial charge in [-0.25, -0.2) is 4.39 Å². The zero-order chi connectivity index (χ0) is 14.8. The first kappa shape index (κ1) is 15.2. The van der Waals surface area contributed by atoms with Crippen LogP contribution in [0.15, 0.2) is 46.9 Å². The zero-order valence-corrected chi connectivity index (χ0v) is 13.4. The number of benzene rings is 2. The van der Waals surface area contributed by atoms with Crippen LogP contribution in [0.3, 0.4) is 0 Å². The molecule has 2 aromatic carbocycles. The Labute approximate surface area is 128 Å². The number of nitrogens with two attached hydrogens (primary N) is 1. The highest BCUT2D eigenvalue weighted by atomic mass is 79.9. The molecule has 0 aliphatic rings. The van der Waals surface area contributed by atoms with Gasteiger partial charge >= 0.3 is 0 Å². The molecule has 20 heavy (non-hydrogen) atoms. The minimum Gasteiger partial charge on any atom is -0.321 e. The molecule has 0 aromatic heterocycles. The van der Waals surface area contributed by atoms with Gasteiger partial charge in [0.25, 0.3) is 0 Å². The number of hydrogen-bond acceptors (Lipinski definition) is 1. The maximum atomic E-state index is 13.9. The van der Waals surface area contributed by atoms with Gasteiger partial charge in [0.2, 0.25) is 0 Å². The summed E-state index contributed by atoms with van der Waals surface area (Å²) in [4.78, 5) is 0. The second-order valence-corrected chi connectivity index (χ2v) is 6.30. The van der Waals surface area contributed by atoms with Gasteiger partial charge in [0, 0.05) is 10.0 Å². The van der Waals surface area contributed by atoms with Crippen molar-refractivity contribution in [3.05, 3.63) is 69.4 Å². The smallest absolute Gasteiger partial charge is 0.126 e. The molecule has 3 heteroatoms. The molecular formula is C17H19BrFN. The van der Waals surface area contributed by atoms with Crippen molar-refractivity contribution in [2.75, 3.05) is 0 Å². The van der Waals surface area contributed by atoms with Gasteiger partial charge in [-0.3, -0.25) is 0 Å². The third-order valence-electron chi connectivity index (χ3n) is 3.59. The molecule has 2 rings (SSSR count). The van der Waals surface area contributed by atoms with Crippen LogP contribution < -0.4 is 5.73 Å². The highest BCUT2D eigenvalue weighted by molar-refractivity contribution is 9.10. The molecule has 0 heterocycles. The van der Waals surface area contributed by atoms with Crippen LogP contribution in [0.1, 0.15) is 30.5 Å². The van der Waals surface area contributed by atoms with Gasteiger partial charge in [-0.15, -0.1) is 0 Å². The lowest BCUT2D eigenvalue weighted by Gasteiger charge is -2.26. The average Bonchev–Trinajstić information content (AvgIpc) is 2.43. The lowest BCUT2D eigenvalue weighted by atomic mass is 9.86. The molecule has 0 aliphatic carbocycles. The van der Waals surface area contributed by atoms with Crippen LogP contribution in [0.2, 0.25) is 0 Å². The molecule has 0 fully saturated rings. The first-order chi connectivity index (χ1) is 9.42. The number of hydrogen-bond donors (Lipinski definition) is 1. The summed E-state index contributed by atoms with van der Waals surface area (Å²) in [5.41, 5.74) is 8.74. The molecule has 0 saturated carbocycles. The van der Waals surface area contributed by atoms with Crippen molar-refractivity contribution in [2.24, 2.45) is 5.73 Å². The highest BCUT2D eigenvalue weighted by Crippen LogP contribution is 2.26. The van der Waals surface area contributed by atoms with E-state index < -0.39 is 5.54 Å². The van der Waals surface area contributed by atoms with Crippen molar-refractivity contribution >= 4 is 15.9 Å². The highest BCUT2D eigenvalue weighted by Gasteiger charge is 2.23. The van der Waals surface area contributed by atoms with Gasteiger partial charge in [-0.2, -0.15) is 0 Å². The van der Waals surface area contributed by atoms with Crippen LogP contribution in [-0.2, 0) is 18.4 Å². The molecule has 0 saturated heterocycles. The van der Waals surface area contributed by atoms with Crippen LogP contribution in [-0.4, -0.2) is 0 Å². The minimum absolute atomic E-state index is 0.213. The van der Waals surface area contributed by atoms with Gasteiger partial charge in [0.15, 0.2) is 0 Å². The molecule has 0 amide bonds. The fourth-order valence-corrected chi connectivity index (χ4v) is 2.71. The van der Waals surface area contributed by atoms with E-state index in [0.717, 1.165) is 16.5 Å². The third-order valence-corrected chi connectivity index (χ3v) is 4.08. The van der Waals surface area contributed by atoms with E-state index in [1.807, 2.05) is 19.1 Å². The summed E-state index contributed by atoms with van der Waals surface area (Å²) in [6.45, 7) is 4.06. The van der Waals surface area contributed by atoms with Crippen molar-refractivity contribution < 1.29 is 4.39 Å². The fraction of sp³-hybridized carbons (Fsp3) is 0.294. The normalized spacial score (nSPS) is 14.1. The molecular weight excluding hydrogens is 317 g/mol. The molecule has 1 unspecified atom stereocenters. The average molecular weight is 336 g/mol. The van der Waals surface area contributed by atoms with E-state index in [1.54, 1.807) is 12.1 Å². The number of aryl methyl sites for hydroxylation is 1. The Hall–Kier alpha value is -1.19. The second kappa shape index (κ2) is 6.06. The summed E-state index contributed by atoms with van der Waals surface area (Å²) < 4.78 is 14.7. The maximum absolute atomic E-state index is 13.9. The predicted molar refractivity (Wildman–Crippen MR) is 85.2 cm³/mol. The summed E-state index contributed by atoms with van der Waals surface area (Å²) in [5, 5.41) is 0. The van der Waals surface area contributed by atoms with E-state index >= 15 is 0 Å². The second-order valence-electron chi connectivity index (χ2n) is 5.38. The molecule has 106 valence electrons. The van der Waals surface area contributed by atoms with Gasteiger partial charge in [-0.05, 0) is 54.7 Å². The van der Waals surface area contributed by atoms with Crippen molar-refractivity contribution in [3.8, 4) is 0 Å². The van der Waals surface area contributed by atoms with Crippen molar-refractivity contribution in [3.63, 3.8) is 0 Å². The standard InChI is InChI=1S/C17H19BrFN/c1-3-12-4-6-14(7-5-12)17(2,20)11-13-10-15(18)8-9-16(13)19/h4-10H,3,11,20H2,1-2H3. The molecule has 0 bridgehead atoms. The Morgan fingerprint density at radius 2 is 1.80 bits per heavy atom. The van der Waals surface area contributed by atoms with Crippen LogP contribution in [0.4, 0.5) is 4.39 Å². The zero-order valence-electron chi connectivity index (χ0n) is 11.8. The Bertz CT molecular complexity index is 590. The number of rotatable bonds is 4. The molecule has 2 aromatic rings. The van der Waals surface area contributed by atoms with E-state index in [1.165, 1.54) is 11.6 Å². The van der Waals surface area contributed by atoms with Gasteiger partial charge in [-0.1, -0.05) is 47.1 Å². The Balaban J connectivity index is 2.27. The molecule has 1 atom stereocenters. The van der Waals surface area contributed by atoms with Gasteiger partial charge < -0.3 is 5.73 Å². The SMILES string of the molecule is CCc1ccc(C(C)(N)Cc2cc(Br)ccc2F)cc1. The Morgan fingerprint density at radius 1 is 1.15 bits per heavy atom. The molecule has 0 radical (unpaired) electrons. The Morgan fingerprint density at radius 3 is 2.40 bits per heavy atom. The van der Waals surface area contributed by atoms with Crippen molar-refractivity contribution in [1.29, 1.82) is 0 Å². The first-order valence-electron chi connectivity index (χ1n) is 6.74. The maximum Gasteiger partial charge on any atom is 0.126 e. The summed E-state index contributed by atoms with van der Waals surface area (Å²) >= 11 is 3.37. The monoisotopic (exact) mass is 335 g/mol. The summed E-state index contributed by atoms with van der Waals surface area (Å²) in [6.07, 6.45) is 1.46. The summed E-state index contributed by atoms with van der Waals surface area (Å²) in [5.74, 6) is -0.213. The Kier molecular flexibility index (Phi) is 4.61. The minimum atomic E-state index is -0.589. The lowest BCUT2D eigenvalue weighted by molar-refractivity contribution is 0.475. The largest absolute Gasteiger partial charge is 0.321 e. The molecule has 2 N–H and O–H groups in total. The molecule has 0 aliphatic heterocycles. The van der Waals surface area contributed by atoms with Gasteiger partial charge in [0.1, 0.15) is 5.82 Å². The quantitative estimate of drug-likeness (QED) is 0.870. The predicted octanol–water partition coefficient (Wildman–Crippen LogP) is 4.57. The van der Waals surface area contributed by atoms with E-state index in [9.17, 15) is 4.39 Å². The fourth-order valence-electron chi connectivity index (χ4n) is 2.30. The van der Waals surface area contributed by atoms with Crippen LogP contribution in [0, 0.1) is 5.82 Å². The summed E-state index contributed by atoms with van der Waals surface area (Å²) in [7, 11) is 0. The number of halogens is 2. The third kappa shape index (κ3) is 3.47. The lowest BCUT2D eigenvalue weighted by Crippen LogP contribution is -2.35. The van der Waals surface area contributed by atoms with Crippen LogP contribution in [0.25, 0.3) is 0 Å². The first-order valence-corrected chi connectivity index (χ1v) is 7.54. The van der Waals surface area contributed by atoms with E-state index in [0.29, 0.717) is 12.0 Å². The van der Waals surface area contributed by atoms with E-state index in [-0.39, 0.29) is 5.82 Å². The molecule has 0 spiro atoms. The van der Waals surface area contributed by atoms with Crippen LogP contribution >= 0.6 is 15.9 Å². The van der Waals surface area contributed by atoms with Crippen molar-refractivity contribution in [2.45, 2.75) is 32.2 Å². The van der Waals surface area contributed by atoms with E-state index in [4.69, 9.17) is 5.73 Å². The summed E-state index contributed by atoms with van der Waals surface area (Å²) in [6, 6.07) is 13.2.